The molecule has 1 aliphatic heterocycles. The molecule has 0 aromatic heterocycles. The monoisotopic (exact) mass is 221 g/mol. The van der Waals surface area contributed by atoms with Crippen molar-refractivity contribution in [3.63, 3.8) is 0 Å². The first-order chi connectivity index (χ1) is 7.72. The number of unbranched alkanes of at least 4 members (excludes halogenated alkanes) is 3. The van der Waals surface area contributed by atoms with Crippen molar-refractivity contribution in [2.75, 3.05) is 6.54 Å². The number of hydrogen-bond acceptors (Lipinski definition) is 2. The summed E-state index contributed by atoms with van der Waals surface area (Å²) in [4.78, 5) is 5.63. The van der Waals surface area contributed by atoms with Gasteiger partial charge in [-0.3, -0.25) is 0 Å². The Balaban J connectivity index is 2.13. The van der Waals surface area contributed by atoms with E-state index in [1.165, 1.54) is 31.3 Å². The van der Waals surface area contributed by atoms with Crippen LogP contribution in [-0.2, 0) is 4.84 Å². The van der Waals surface area contributed by atoms with Crippen LogP contribution in [0.1, 0.15) is 46.0 Å². The molecule has 2 nitrogen and oxygen atoms in total. The zero-order valence-electron chi connectivity index (χ0n) is 10.5. The summed E-state index contributed by atoms with van der Waals surface area (Å²) in [5.41, 5.74) is 1.29. The highest BCUT2D eigenvalue weighted by Crippen LogP contribution is 2.14. The largest absolute Gasteiger partial charge is 0.385 e. The molecule has 0 unspecified atom stereocenters. The molecule has 0 radical (unpaired) electrons. The highest BCUT2D eigenvalue weighted by molar-refractivity contribution is 5.19. The molecule has 16 heavy (non-hydrogen) atoms. The van der Waals surface area contributed by atoms with Crippen molar-refractivity contribution in [3.05, 3.63) is 36.3 Å². The minimum atomic E-state index is 0.816. The summed E-state index contributed by atoms with van der Waals surface area (Å²) < 4.78 is 0. The smallest absolute Gasteiger partial charge is 0.125 e. The van der Waals surface area contributed by atoms with E-state index in [9.17, 15) is 0 Å². The van der Waals surface area contributed by atoms with Crippen molar-refractivity contribution >= 4 is 0 Å². The first-order valence-corrected chi connectivity index (χ1v) is 6.19. The van der Waals surface area contributed by atoms with Gasteiger partial charge in [-0.15, -0.1) is 0 Å². The summed E-state index contributed by atoms with van der Waals surface area (Å²) in [6.45, 7) is 9.07. The number of allylic oxidation sites excluding steroid dienone is 3. The zero-order chi connectivity index (χ0) is 11.8. The second kappa shape index (κ2) is 7.15. The third kappa shape index (κ3) is 5.06. The van der Waals surface area contributed by atoms with Crippen LogP contribution >= 0.6 is 0 Å². The molecule has 0 aliphatic carbocycles. The van der Waals surface area contributed by atoms with E-state index in [0.717, 1.165) is 18.7 Å². The molecule has 0 saturated carbocycles. The third-order valence-corrected chi connectivity index (χ3v) is 2.65. The second-order valence-corrected chi connectivity index (χ2v) is 4.30. The maximum absolute atomic E-state index is 5.63. The van der Waals surface area contributed by atoms with Gasteiger partial charge in [-0.2, -0.15) is 0 Å². The van der Waals surface area contributed by atoms with Gasteiger partial charge in [-0.1, -0.05) is 44.4 Å². The fourth-order valence-corrected chi connectivity index (χ4v) is 1.59. The molecule has 2 heteroatoms. The van der Waals surface area contributed by atoms with E-state index in [4.69, 9.17) is 4.84 Å². The normalized spacial score (nSPS) is 14.9. The number of hydrogen-bond donors (Lipinski definition) is 0. The van der Waals surface area contributed by atoms with Crippen LogP contribution in [0.5, 0.6) is 0 Å². The Morgan fingerprint density at radius 3 is 2.88 bits per heavy atom. The van der Waals surface area contributed by atoms with Crippen LogP contribution in [0.25, 0.3) is 0 Å². The van der Waals surface area contributed by atoms with Gasteiger partial charge in [0, 0.05) is 12.6 Å². The van der Waals surface area contributed by atoms with Gasteiger partial charge in [0.1, 0.15) is 5.76 Å². The molecule has 0 N–H and O–H groups in total. The molecule has 0 saturated heterocycles. The van der Waals surface area contributed by atoms with Crippen molar-refractivity contribution in [3.8, 4) is 0 Å². The molecule has 1 rings (SSSR count). The summed E-state index contributed by atoms with van der Waals surface area (Å²) in [5, 5.41) is 1.83. The summed E-state index contributed by atoms with van der Waals surface area (Å²) in [6, 6.07) is 0. The lowest BCUT2D eigenvalue weighted by Crippen LogP contribution is -2.19. The molecule has 0 atom stereocenters. The van der Waals surface area contributed by atoms with Gasteiger partial charge < -0.3 is 4.84 Å². The van der Waals surface area contributed by atoms with Crippen molar-refractivity contribution in [2.24, 2.45) is 0 Å². The second-order valence-electron chi connectivity index (χ2n) is 4.30. The van der Waals surface area contributed by atoms with E-state index in [2.05, 4.69) is 26.5 Å². The van der Waals surface area contributed by atoms with Crippen molar-refractivity contribution in [1.82, 2.24) is 5.06 Å². The minimum Gasteiger partial charge on any atom is -0.385 e. The lowest BCUT2D eigenvalue weighted by Gasteiger charge is -2.23. The van der Waals surface area contributed by atoms with Crippen LogP contribution < -0.4 is 0 Å². The Morgan fingerprint density at radius 1 is 1.44 bits per heavy atom. The quantitative estimate of drug-likeness (QED) is 0.472. The topological polar surface area (TPSA) is 12.5 Å². The molecule has 0 bridgehead atoms. The van der Waals surface area contributed by atoms with E-state index in [1.54, 1.807) is 0 Å². The highest BCUT2D eigenvalue weighted by Gasteiger charge is 2.04. The van der Waals surface area contributed by atoms with Crippen LogP contribution in [0.4, 0.5) is 0 Å². The Labute approximate surface area is 99.2 Å². The fraction of sp³-hybridized carbons (Fsp3) is 0.571. The van der Waals surface area contributed by atoms with Gasteiger partial charge in [0.05, 0.1) is 6.54 Å². The first-order valence-electron chi connectivity index (χ1n) is 6.19. The summed E-state index contributed by atoms with van der Waals surface area (Å²) in [5.74, 6) is 0.869. The molecule has 1 aliphatic rings. The van der Waals surface area contributed by atoms with Gasteiger partial charge >= 0.3 is 0 Å². The maximum atomic E-state index is 5.63. The Morgan fingerprint density at radius 2 is 2.25 bits per heavy atom. The van der Waals surface area contributed by atoms with Crippen molar-refractivity contribution < 1.29 is 4.84 Å². The van der Waals surface area contributed by atoms with Crippen LogP contribution in [0.15, 0.2) is 36.3 Å². The van der Waals surface area contributed by atoms with Crippen LogP contribution in [0.3, 0.4) is 0 Å². The van der Waals surface area contributed by atoms with Gasteiger partial charge in [0.15, 0.2) is 0 Å². The average Bonchev–Trinajstić information content (AvgIpc) is 2.28. The van der Waals surface area contributed by atoms with Gasteiger partial charge in [0.2, 0.25) is 0 Å². The molecule has 0 aromatic carbocycles. The van der Waals surface area contributed by atoms with Crippen LogP contribution in [-0.4, -0.2) is 11.6 Å². The predicted octanol–water partition coefficient (Wildman–Crippen LogP) is 4.18. The predicted molar refractivity (Wildman–Crippen MR) is 68.6 cm³/mol. The van der Waals surface area contributed by atoms with E-state index < -0.39 is 0 Å². The molecular weight excluding hydrogens is 198 g/mol. The standard InChI is InChI=1S/C14H23NO/c1-4-5-6-7-8-14(3)16-15-11-9-13(2)10-12-15/h9-11H,3-8,12H2,1-2H3. The fourth-order valence-electron chi connectivity index (χ4n) is 1.59. The van der Waals surface area contributed by atoms with E-state index in [-0.39, 0.29) is 0 Å². The molecule has 1 heterocycles. The summed E-state index contributed by atoms with van der Waals surface area (Å²) >= 11 is 0. The first kappa shape index (κ1) is 12.9. The summed E-state index contributed by atoms with van der Waals surface area (Å²) in [6.07, 6.45) is 12.1. The highest BCUT2D eigenvalue weighted by atomic mass is 16.7. The minimum absolute atomic E-state index is 0.816. The van der Waals surface area contributed by atoms with E-state index in [1.807, 2.05) is 17.3 Å². The number of hydroxylamine groups is 2. The Kier molecular flexibility index (Phi) is 5.76. The van der Waals surface area contributed by atoms with Crippen molar-refractivity contribution in [1.29, 1.82) is 0 Å². The van der Waals surface area contributed by atoms with Crippen LogP contribution in [0.2, 0.25) is 0 Å². The molecule has 90 valence electrons. The lowest BCUT2D eigenvalue weighted by atomic mass is 10.1. The van der Waals surface area contributed by atoms with Crippen molar-refractivity contribution in [2.45, 2.75) is 46.0 Å². The molecule has 0 fully saturated rings. The molecule has 0 amide bonds. The Hall–Kier alpha value is -1.18. The van der Waals surface area contributed by atoms with E-state index >= 15 is 0 Å². The van der Waals surface area contributed by atoms with Crippen LogP contribution in [0, 0.1) is 0 Å². The maximum Gasteiger partial charge on any atom is 0.125 e. The van der Waals surface area contributed by atoms with E-state index in [0.29, 0.717) is 0 Å². The molecule has 0 aromatic rings. The number of rotatable bonds is 7. The lowest BCUT2D eigenvalue weighted by molar-refractivity contribution is -0.0704. The third-order valence-electron chi connectivity index (χ3n) is 2.65. The SMILES string of the molecule is C=C(CCCCCC)ON1C=CC(C)=CC1. The van der Waals surface area contributed by atoms with Gasteiger partial charge in [-0.05, 0) is 19.4 Å². The average molecular weight is 221 g/mol. The zero-order valence-corrected chi connectivity index (χ0v) is 10.5. The molecule has 0 spiro atoms. The Bertz CT molecular complexity index is 278. The summed E-state index contributed by atoms with van der Waals surface area (Å²) in [7, 11) is 0. The number of nitrogens with zero attached hydrogens (tertiary/aromatic N) is 1. The van der Waals surface area contributed by atoms with Gasteiger partial charge in [0.25, 0.3) is 0 Å². The van der Waals surface area contributed by atoms with Gasteiger partial charge in [-0.25, -0.2) is 5.06 Å². The molecular formula is C14H23NO.